The fourth-order valence-electron chi connectivity index (χ4n) is 1.99. The van der Waals surface area contributed by atoms with Crippen LogP contribution >= 0.6 is 0 Å². The van der Waals surface area contributed by atoms with Gasteiger partial charge in [0.15, 0.2) is 0 Å². The van der Waals surface area contributed by atoms with E-state index >= 15 is 0 Å². The van der Waals surface area contributed by atoms with E-state index in [2.05, 4.69) is 5.32 Å². The van der Waals surface area contributed by atoms with Crippen LogP contribution in [0.1, 0.15) is 35.2 Å². The third-order valence-corrected chi connectivity index (χ3v) is 3.09. The average Bonchev–Trinajstić information content (AvgIpc) is 3.01. The van der Waals surface area contributed by atoms with Crippen LogP contribution in [0.5, 0.6) is 0 Å². The Morgan fingerprint density at radius 3 is 2.89 bits per heavy atom. The molecule has 0 aromatic carbocycles. The topological polar surface area (TPSA) is 88.8 Å². The maximum Gasteiger partial charge on any atom is 0.339 e. The van der Waals surface area contributed by atoms with Crippen molar-refractivity contribution in [3.05, 3.63) is 23.2 Å². The molecular weight excluding hydrogens is 250 g/mol. The van der Waals surface area contributed by atoms with Gasteiger partial charge in [0, 0.05) is 6.61 Å². The summed E-state index contributed by atoms with van der Waals surface area (Å²) in [6.07, 6.45) is 0.773. The highest BCUT2D eigenvalue weighted by molar-refractivity contribution is 5.88. The van der Waals surface area contributed by atoms with E-state index in [4.69, 9.17) is 14.3 Å². The van der Waals surface area contributed by atoms with Crippen LogP contribution in [0.25, 0.3) is 0 Å². The molecule has 104 valence electrons. The number of ether oxygens (including phenoxy) is 1. The minimum Gasteiger partial charge on any atom is -0.478 e. The SMILES string of the molecule is CCO[C@@H]1C[C@H]1C(=O)NCc1cc(C(=O)O)c(C)o1. The number of aromatic carboxylic acids is 1. The lowest BCUT2D eigenvalue weighted by Crippen LogP contribution is -2.25. The van der Waals surface area contributed by atoms with Gasteiger partial charge in [0.25, 0.3) is 0 Å². The van der Waals surface area contributed by atoms with Crippen molar-refractivity contribution in [3.8, 4) is 0 Å². The molecule has 1 aromatic heterocycles. The third-order valence-electron chi connectivity index (χ3n) is 3.09. The number of aryl methyl sites for hydroxylation is 1. The second kappa shape index (κ2) is 5.44. The number of amides is 1. The number of rotatable bonds is 6. The first kappa shape index (κ1) is 13.6. The number of hydrogen-bond donors (Lipinski definition) is 2. The fourth-order valence-corrected chi connectivity index (χ4v) is 1.99. The lowest BCUT2D eigenvalue weighted by molar-refractivity contribution is -0.123. The van der Waals surface area contributed by atoms with Gasteiger partial charge >= 0.3 is 5.97 Å². The maximum absolute atomic E-state index is 11.7. The van der Waals surface area contributed by atoms with Crippen LogP contribution < -0.4 is 5.32 Å². The molecule has 1 heterocycles. The Kier molecular flexibility index (Phi) is 3.90. The molecule has 0 saturated heterocycles. The number of carboxylic acids is 1. The Morgan fingerprint density at radius 2 is 2.32 bits per heavy atom. The van der Waals surface area contributed by atoms with Crippen molar-refractivity contribution >= 4 is 11.9 Å². The standard InChI is InChI=1S/C13H17NO5/c1-3-18-11-5-10(11)12(15)14-6-8-4-9(13(16)17)7(2)19-8/h4,10-11H,3,5-6H2,1-2H3,(H,14,15)(H,16,17)/t10-,11-/m1/s1. The largest absolute Gasteiger partial charge is 0.478 e. The summed E-state index contributed by atoms with van der Waals surface area (Å²) in [7, 11) is 0. The first-order valence-electron chi connectivity index (χ1n) is 6.24. The van der Waals surface area contributed by atoms with Gasteiger partial charge in [0.1, 0.15) is 17.1 Å². The summed E-state index contributed by atoms with van der Waals surface area (Å²) < 4.78 is 10.6. The number of hydrogen-bond acceptors (Lipinski definition) is 4. The van der Waals surface area contributed by atoms with Crippen molar-refractivity contribution in [1.82, 2.24) is 5.32 Å². The van der Waals surface area contributed by atoms with E-state index < -0.39 is 5.97 Å². The highest BCUT2D eigenvalue weighted by atomic mass is 16.5. The zero-order chi connectivity index (χ0) is 14.0. The number of carbonyl (C=O) groups is 2. The number of carboxylic acid groups (broad SMARTS) is 1. The zero-order valence-electron chi connectivity index (χ0n) is 10.9. The van der Waals surface area contributed by atoms with E-state index in [1.807, 2.05) is 6.92 Å². The summed E-state index contributed by atoms with van der Waals surface area (Å²) >= 11 is 0. The molecule has 1 fully saturated rings. The maximum atomic E-state index is 11.7. The lowest BCUT2D eigenvalue weighted by atomic mass is 10.2. The van der Waals surface area contributed by atoms with Gasteiger partial charge in [-0.1, -0.05) is 0 Å². The van der Waals surface area contributed by atoms with Crippen LogP contribution in [0, 0.1) is 12.8 Å². The normalized spacial score (nSPS) is 21.2. The number of nitrogens with one attached hydrogen (secondary N) is 1. The van der Waals surface area contributed by atoms with Crippen molar-refractivity contribution in [3.63, 3.8) is 0 Å². The van der Waals surface area contributed by atoms with Gasteiger partial charge in [-0.05, 0) is 26.3 Å². The summed E-state index contributed by atoms with van der Waals surface area (Å²) in [6.45, 7) is 4.28. The summed E-state index contributed by atoms with van der Waals surface area (Å²) in [6, 6.07) is 1.44. The molecule has 1 aromatic rings. The Hall–Kier alpha value is -1.82. The molecule has 1 aliphatic carbocycles. The van der Waals surface area contributed by atoms with E-state index in [1.54, 1.807) is 6.92 Å². The lowest BCUT2D eigenvalue weighted by Gasteiger charge is -2.02. The van der Waals surface area contributed by atoms with Gasteiger partial charge in [0.05, 0.1) is 18.6 Å². The van der Waals surface area contributed by atoms with Crippen LogP contribution in [0.4, 0.5) is 0 Å². The third kappa shape index (κ3) is 3.14. The van der Waals surface area contributed by atoms with Gasteiger partial charge in [0.2, 0.25) is 5.91 Å². The molecule has 0 radical (unpaired) electrons. The first-order chi connectivity index (χ1) is 9.02. The Labute approximate surface area is 110 Å². The molecule has 1 saturated carbocycles. The van der Waals surface area contributed by atoms with E-state index in [0.29, 0.717) is 18.1 Å². The van der Waals surface area contributed by atoms with Crippen LogP contribution in [-0.2, 0) is 16.1 Å². The molecule has 2 atom stereocenters. The van der Waals surface area contributed by atoms with E-state index in [-0.39, 0.29) is 30.0 Å². The molecule has 2 rings (SSSR count). The van der Waals surface area contributed by atoms with Crippen LogP contribution in [0.2, 0.25) is 0 Å². The van der Waals surface area contributed by atoms with Crippen LogP contribution in [0.15, 0.2) is 10.5 Å². The predicted molar refractivity (Wildman–Crippen MR) is 65.8 cm³/mol. The zero-order valence-corrected chi connectivity index (χ0v) is 10.9. The molecule has 1 aliphatic rings. The summed E-state index contributed by atoms with van der Waals surface area (Å²) in [4.78, 5) is 22.6. The molecule has 6 heteroatoms. The van der Waals surface area contributed by atoms with Crippen molar-refractivity contribution in [2.24, 2.45) is 5.92 Å². The molecule has 1 amide bonds. The molecule has 6 nitrogen and oxygen atoms in total. The molecule has 2 N–H and O–H groups in total. The second-order valence-corrected chi connectivity index (χ2v) is 4.54. The predicted octanol–water partition coefficient (Wildman–Crippen LogP) is 1.33. The van der Waals surface area contributed by atoms with Crippen molar-refractivity contribution < 1.29 is 23.8 Å². The first-order valence-corrected chi connectivity index (χ1v) is 6.24. The highest BCUT2D eigenvalue weighted by Gasteiger charge is 2.43. The van der Waals surface area contributed by atoms with E-state index in [1.165, 1.54) is 6.07 Å². The molecule has 0 spiro atoms. The molecule has 0 bridgehead atoms. The molecular formula is C13H17NO5. The summed E-state index contributed by atoms with van der Waals surface area (Å²) in [5.41, 5.74) is 0.128. The molecule has 0 aliphatic heterocycles. The van der Waals surface area contributed by atoms with E-state index in [9.17, 15) is 9.59 Å². The minimum atomic E-state index is -1.03. The number of furan rings is 1. The van der Waals surface area contributed by atoms with Crippen molar-refractivity contribution in [2.45, 2.75) is 32.9 Å². The van der Waals surface area contributed by atoms with Gasteiger partial charge < -0.3 is 19.6 Å². The summed E-state index contributed by atoms with van der Waals surface area (Å²) in [5.74, 6) is -0.413. The van der Waals surface area contributed by atoms with Gasteiger partial charge in [-0.25, -0.2) is 4.79 Å². The Morgan fingerprint density at radius 1 is 1.58 bits per heavy atom. The average molecular weight is 267 g/mol. The van der Waals surface area contributed by atoms with Crippen molar-refractivity contribution in [1.29, 1.82) is 0 Å². The van der Waals surface area contributed by atoms with Crippen LogP contribution in [-0.4, -0.2) is 29.7 Å². The Balaban J connectivity index is 1.84. The minimum absolute atomic E-state index is 0.0258. The van der Waals surface area contributed by atoms with Gasteiger partial charge in [-0.15, -0.1) is 0 Å². The van der Waals surface area contributed by atoms with Crippen LogP contribution in [0.3, 0.4) is 0 Å². The fraction of sp³-hybridized carbons (Fsp3) is 0.538. The highest BCUT2D eigenvalue weighted by Crippen LogP contribution is 2.33. The Bertz CT molecular complexity index is 493. The van der Waals surface area contributed by atoms with E-state index in [0.717, 1.165) is 6.42 Å². The smallest absolute Gasteiger partial charge is 0.339 e. The molecule has 0 unspecified atom stereocenters. The van der Waals surface area contributed by atoms with Gasteiger partial charge in [-0.3, -0.25) is 4.79 Å². The molecule has 19 heavy (non-hydrogen) atoms. The second-order valence-electron chi connectivity index (χ2n) is 4.54. The van der Waals surface area contributed by atoms with Gasteiger partial charge in [-0.2, -0.15) is 0 Å². The number of carbonyl (C=O) groups excluding carboxylic acids is 1. The van der Waals surface area contributed by atoms with Crippen molar-refractivity contribution in [2.75, 3.05) is 6.61 Å². The monoisotopic (exact) mass is 267 g/mol. The summed E-state index contributed by atoms with van der Waals surface area (Å²) in [5, 5.41) is 11.6. The quantitative estimate of drug-likeness (QED) is 0.811.